The first kappa shape index (κ1) is 46.5. The maximum atomic E-state index is 14.6. The van der Waals surface area contributed by atoms with E-state index in [1.54, 1.807) is 40.5 Å². The molecule has 0 spiro atoms. The van der Waals surface area contributed by atoms with E-state index in [2.05, 4.69) is 10.3 Å². The fourth-order valence-electron chi connectivity index (χ4n) is 6.49. The van der Waals surface area contributed by atoms with Gasteiger partial charge in [0.25, 0.3) is 0 Å². The van der Waals surface area contributed by atoms with E-state index in [0.717, 1.165) is 18.4 Å². The largest absolute Gasteiger partial charge is 0.390 e. The zero-order chi connectivity index (χ0) is 39.9. The Bertz CT molecular complexity index is 1270. The zero-order valence-corrected chi connectivity index (χ0v) is 34.4. The first-order valence-electron chi connectivity index (χ1n) is 19.2. The Morgan fingerprint density at radius 1 is 0.769 bits per heavy atom. The number of hydrogen-bond donors (Lipinski definition) is 2. The predicted molar refractivity (Wildman–Crippen MR) is 206 cm³/mol. The summed E-state index contributed by atoms with van der Waals surface area (Å²) in [7, 11) is 6.35. The fourth-order valence-corrected chi connectivity index (χ4v) is 6.49. The first-order valence-corrected chi connectivity index (χ1v) is 19.2. The quantitative estimate of drug-likeness (QED) is 0.180. The van der Waals surface area contributed by atoms with Crippen LogP contribution in [0.4, 0.5) is 0 Å². The van der Waals surface area contributed by atoms with Crippen LogP contribution in [0.3, 0.4) is 0 Å². The van der Waals surface area contributed by atoms with Crippen LogP contribution in [-0.2, 0) is 30.4 Å². The Morgan fingerprint density at radius 2 is 1.35 bits per heavy atom. The van der Waals surface area contributed by atoms with Gasteiger partial charge in [-0.2, -0.15) is 0 Å². The highest BCUT2D eigenvalue weighted by Crippen LogP contribution is 2.24. The average Bonchev–Trinajstić information content (AvgIpc) is 3.10. The van der Waals surface area contributed by atoms with Crippen LogP contribution in [-0.4, -0.2) is 124 Å². The minimum absolute atomic E-state index is 0.0998. The summed E-state index contributed by atoms with van der Waals surface area (Å²) in [5.41, 5.74) is 1.11. The van der Waals surface area contributed by atoms with E-state index in [1.807, 2.05) is 67.5 Å². The van der Waals surface area contributed by atoms with Gasteiger partial charge in [0.05, 0.1) is 6.10 Å². The summed E-state index contributed by atoms with van der Waals surface area (Å²) in [5, 5.41) is 14.7. The molecule has 0 aromatic carbocycles. The molecule has 12 nitrogen and oxygen atoms in total. The standard InChI is InChI=1S/C40H70N6O6/c1-14-31(38(50)43(10)15-2)42-37(49)35(36(48)29(9)17-16-18-30-21-23-41-24-22-30)46(13)40(52)34(28(7)8)45(12)39(51)32(25-27(5)6)44(11)33(47)20-19-26(3)4/h21-24,26-29,31-32,34-36,48H,14-20,25H2,1-13H3,(H,42,49)/t29-,31+,32+,34+,35+,36-/m1/s1. The van der Waals surface area contributed by atoms with Crippen molar-refractivity contribution in [2.24, 2.45) is 23.7 Å². The molecule has 0 fully saturated rings. The van der Waals surface area contributed by atoms with Crippen molar-refractivity contribution < 1.29 is 29.1 Å². The number of aliphatic hydroxyl groups is 1. The van der Waals surface area contributed by atoms with E-state index >= 15 is 0 Å². The number of aliphatic hydroxyl groups excluding tert-OH is 1. The Morgan fingerprint density at radius 3 is 1.85 bits per heavy atom. The number of nitrogens with one attached hydrogen (secondary N) is 1. The van der Waals surface area contributed by atoms with Crippen molar-refractivity contribution in [1.82, 2.24) is 29.9 Å². The van der Waals surface area contributed by atoms with Crippen LogP contribution in [0.5, 0.6) is 0 Å². The highest BCUT2D eigenvalue weighted by atomic mass is 16.3. The van der Waals surface area contributed by atoms with Crippen molar-refractivity contribution in [3.8, 4) is 0 Å². The minimum Gasteiger partial charge on any atom is -0.390 e. The highest BCUT2D eigenvalue weighted by molar-refractivity contribution is 5.95. The van der Waals surface area contributed by atoms with Crippen LogP contribution in [0, 0.1) is 23.7 Å². The van der Waals surface area contributed by atoms with Gasteiger partial charge in [0.15, 0.2) is 0 Å². The molecule has 0 aliphatic heterocycles. The van der Waals surface area contributed by atoms with E-state index in [9.17, 15) is 29.1 Å². The van der Waals surface area contributed by atoms with Crippen molar-refractivity contribution in [2.75, 3.05) is 34.7 Å². The molecule has 0 saturated carbocycles. The minimum atomic E-state index is -1.34. The Balaban J connectivity index is 3.50. The number of nitrogens with zero attached hydrogens (tertiary/aromatic N) is 5. The summed E-state index contributed by atoms with van der Waals surface area (Å²) >= 11 is 0. The summed E-state index contributed by atoms with van der Waals surface area (Å²) in [4.78, 5) is 79.0. The summed E-state index contributed by atoms with van der Waals surface area (Å²) < 4.78 is 0. The predicted octanol–water partition coefficient (Wildman–Crippen LogP) is 4.39. The number of aromatic nitrogens is 1. The number of rotatable bonds is 22. The van der Waals surface area contributed by atoms with E-state index < -0.39 is 42.1 Å². The van der Waals surface area contributed by atoms with Crippen molar-refractivity contribution in [2.45, 2.75) is 138 Å². The molecule has 0 unspecified atom stereocenters. The Labute approximate surface area is 314 Å². The van der Waals surface area contributed by atoms with Crippen LogP contribution < -0.4 is 5.32 Å². The van der Waals surface area contributed by atoms with Crippen LogP contribution in [0.2, 0.25) is 0 Å². The molecule has 12 heteroatoms. The van der Waals surface area contributed by atoms with Crippen molar-refractivity contribution >= 4 is 29.5 Å². The molecular weight excluding hydrogens is 660 g/mol. The van der Waals surface area contributed by atoms with Crippen molar-refractivity contribution in [1.29, 1.82) is 0 Å². The third kappa shape index (κ3) is 13.8. The van der Waals surface area contributed by atoms with Crippen molar-refractivity contribution in [3.05, 3.63) is 30.1 Å². The van der Waals surface area contributed by atoms with Gasteiger partial charge in [-0.3, -0.25) is 29.0 Å². The maximum absolute atomic E-state index is 14.6. The van der Waals surface area contributed by atoms with Gasteiger partial charge in [-0.1, -0.05) is 55.4 Å². The molecule has 296 valence electrons. The average molecular weight is 731 g/mol. The molecule has 6 atom stereocenters. The van der Waals surface area contributed by atoms with Gasteiger partial charge in [-0.05, 0) is 86.8 Å². The molecule has 0 bridgehead atoms. The van der Waals surface area contributed by atoms with E-state index in [0.29, 0.717) is 44.6 Å². The zero-order valence-electron chi connectivity index (χ0n) is 34.4. The topological polar surface area (TPSA) is 143 Å². The van der Waals surface area contributed by atoms with Gasteiger partial charge in [0.2, 0.25) is 29.5 Å². The molecule has 0 radical (unpaired) electrons. The lowest BCUT2D eigenvalue weighted by Crippen LogP contribution is -2.63. The normalized spacial score (nSPS) is 15.0. The molecular formula is C40H70N6O6. The number of carbonyl (C=O) groups is 5. The van der Waals surface area contributed by atoms with Gasteiger partial charge in [0, 0.05) is 53.5 Å². The summed E-state index contributed by atoms with van der Waals surface area (Å²) in [5.74, 6) is -2.23. The van der Waals surface area contributed by atoms with Crippen LogP contribution in [0.25, 0.3) is 0 Å². The molecule has 1 aromatic rings. The van der Waals surface area contributed by atoms with Crippen LogP contribution >= 0.6 is 0 Å². The molecule has 52 heavy (non-hydrogen) atoms. The molecule has 0 aliphatic rings. The first-order chi connectivity index (χ1) is 24.3. The Hall–Kier alpha value is -3.54. The van der Waals surface area contributed by atoms with Gasteiger partial charge in [-0.15, -0.1) is 0 Å². The molecule has 2 N–H and O–H groups in total. The second-order valence-electron chi connectivity index (χ2n) is 15.7. The van der Waals surface area contributed by atoms with Crippen LogP contribution in [0.15, 0.2) is 24.5 Å². The third-order valence-corrected chi connectivity index (χ3v) is 10.1. The number of hydrogen-bond acceptors (Lipinski definition) is 7. The maximum Gasteiger partial charge on any atom is 0.246 e. The second kappa shape index (κ2) is 22.5. The summed E-state index contributed by atoms with van der Waals surface area (Å²) in [6, 6.07) is -0.0781. The SMILES string of the molecule is CC[C@H](NC(=O)[C@H]([C@H](O)[C@H](C)CCCc1ccncc1)N(C)C(=O)[C@H](C(C)C)N(C)C(=O)[C@H](CC(C)C)N(C)C(=O)CCC(C)C)C(=O)N(C)CC. The molecule has 1 aromatic heterocycles. The number of pyridine rings is 1. The fraction of sp³-hybridized carbons (Fsp3) is 0.750. The van der Waals surface area contributed by atoms with Crippen LogP contribution in [0.1, 0.15) is 106 Å². The van der Waals surface area contributed by atoms with Crippen molar-refractivity contribution in [3.63, 3.8) is 0 Å². The lowest BCUT2D eigenvalue weighted by molar-refractivity contribution is -0.156. The van der Waals surface area contributed by atoms with Gasteiger partial charge in [-0.25, -0.2) is 0 Å². The highest BCUT2D eigenvalue weighted by Gasteiger charge is 2.43. The van der Waals surface area contributed by atoms with E-state index in [1.165, 1.54) is 26.6 Å². The number of amides is 5. The Kier molecular flexibility index (Phi) is 20.1. The molecule has 1 heterocycles. The monoisotopic (exact) mass is 731 g/mol. The van der Waals surface area contributed by atoms with Gasteiger partial charge < -0.3 is 30.0 Å². The molecule has 5 amide bonds. The van der Waals surface area contributed by atoms with E-state index in [4.69, 9.17) is 0 Å². The molecule has 1 rings (SSSR count). The summed E-state index contributed by atoms with van der Waals surface area (Å²) in [6.07, 6.45) is 6.03. The smallest absolute Gasteiger partial charge is 0.246 e. The number of likely N-dealkylation sites (N-methyl/N-ethyl adjacent to an activating group) is 4. The van der Waals surface area contributed by atoms with Gasteiger partial charge in [0.1, 0.15) is 24.2 Å². The second-order valence-corrected chi connectivity index (χ2v) is 15.7. The summed E-state index contributed by atoms with van der Waals surface area (Å²) in [6.45, 7) is 17.7. The molecule has 0 aliphatic carbocycles. The number of carbonyl (C=O) groups excluding carboxylic acids is 5. The third-order valence-electron chi connectivity index (χ3n) is 10.1. The lowest BCUT2D eigenvalue weighted by Gasteiger charge is -2.41. The number of aryl methyl sites for hydroxylation is 1. The molecule has 0 saturated heterocycles. The van der Waals surface area contributed by atoms with E-state index in [-0.39, 0.29) is 35.5 Å². The van der Waals surface area contributed by atoms with Gasteiger partial charge >= 0.3 is 0 Å². The lowest BCUT2D eigenvalue weighted by atomic mass is 9.89.